The smallest absolute Gasteiger partial charge is 0.219 e. The first-order chi connectivity index (χ1) is 10.8. The second kappa shape index (κ2) is 14.0. The van der Waals surface area contributed by atoms with Gasteiger partial charge in [0.15, 0.2) is 0 Å². The third kappa shape index (κ3) is 11.0. The molecule has 1 aliphatic rings. The summed E-state index contributed by atoms with van der Waals surface area (Å²) in [4.78, 5) is 14.1. The molecule has 1 N–H and O–H groups in total. The minimum atomic E-state index is 0.230. The Bertz CT molecular complexity index is 266. The standard InChI is InChI=1S/C18H36N2O2/c1-2-3-4-5-6-7-8-9-11-18(21)19-12-10-13-20-14-16-22-17-15-20/h2-17H2,1H3,(H,19,21). The highest BCUT2D eigenvalue weighted by atomic mass is 16.5. The Morgan fingerprint density at radius 3 is 2.27 bits per heavy atom. The van der Waals surface area contributed by atoms with Crippen LogP contribution in [0.4, 0.5) is 0 Å². The molecule has 1 aliphatic heterocycles. The Hall–Kier alpha value is -0.610. The van der Waals surface area contributed by atoms with Gasteiger partial charge < -0.3 is 10.1 Å². The molecule has 1 saturated heterocycles. The summed E-state index contributed by atoms with van der Waals surface area (Å²) in [6.45, 7) is 7.90. The van der Waals surface area contributed by atoms with E-state index in [1.165, 1.54) is 44.9 Å². The quantitative estimate of drug-likeness (QED) is 0.530. The minimum Gasteiger partial charge on any atom is -0.379 e. The predicted octanol–water partition coefficient (Wildman–Crippen LogP) is 3.36. The maximum absolute atomic E-state index is 11.7. The second-order valence-electron chi connectivity index (χ2n) is 6.38. The molecular weight excluding hydrogens is 276 g/mol. The Morgan fingerprint density at radius 2 is 1.59 bits per heavy atom. The van der Waals surface area contributed by atoms with Crippen LogP contribution in [0.2, 0.25) is 0 Å². The van der Waals surface area contributed by atoms with E-state index in [1.54, 1.807) is 0 Å². The van der Waals surface area contributed by atoms with Crippen molar-refractivity contribution in [2.24, 2.45) is 0 Å². The summed E-state index contributed by atoms with van der Waals surface area (Å²) in [5.74, 6) is 0.230. The molecule has 0 aliphatic carbocycles. The van der Waals surface area contributed by atoms with Crippen LogP contribution in [-0.2, 0) is 9.53 Å². The molecule has 22 heavy (non-hydrogen) atoms. The Morgan fingerprint density at radius 1 is 0.955 bits per heavy atom. The highest BCUT2D eigenvalue weighted by Crippen LogP contribution is 2.09. The number of hydrogen-bond acceptors (Lipinski definition) is 3. The summed E-state index contributed by atoms with van der Waals surface area (Å²) in [6, 6.07) is 0. The van der Waals surface area contributed by atoms with Crippen molar-refractivity contribution in [1.29, 1.82) is 0 Å². The monoisotopic (exact) mass is 312 g/mol. The molecule has 0 bridgehead atoms. The molecule has 0 aromatic heterocycles. The molecule has 1 amide bonds. The predicted molar refractivity (Wildman–Crippen MR) is 92.1 cm³/mol. The van der Waals surface area contributed by atoms with Crippen LogP contribution in [0.25, 0.3) is 0 Å². The molecule has 0 atom stereocenters. The van der Waals surface area contributed by atoms with Gasteiger partial charge in [0, 0.05) is 26.1 Å². The number of ether oxygens (including phenoxy) is 1. The summed E-state index contributed by atoms with van der Waals surface area (Å²) in [5, 5.41) is 3.04. The van der Waals surface area contributed by atoms with Crippen molar-refractivity contribution in [2.45, 2.75) is 71.1 Å². The van der Waals surface area contributed by atoms with Crippen molar-refractivity contribution in [1.82, 2.24) is 10.2 Å². The van der Waals surface area contributed by atoms with E-state index >= 15 is 0 Å². The van der Waals surface area contributed by atoms with Crippen molar-refractivity contribution in [3.8, 4) is 0 Å². The molecule has 4 nitrogen and oxygen atoms in total. The average molecular weight is 312 g/mol. The third-order valence-corrected chi connectivity index (χ3v) is 4.33. The normalized spacial score (nSPS) is 15.9. The first-order valence-electron chi connectivity index (χ1n) is 9.39. The van der Waals surface area contributed by atoms with Gasteiger partial charge in [0.1, 0.15) is 0 Å². The summed E-state index contributed by atoms with van der Waals surface area (Å²) in [5.41, 5.74) is 0. The fourth-order valence-corrected chi connectivity index (χ4v) is 2.86. The number of hydrogen-bond donors (Lipinski definition) is 1. The summed E-state index contributed by atoms with van der Waals surface area (Å²) >= 11 is 0. The van der Waals surface area contributed by atoms with Crippen molar-refractivity contribution >= 4 is 5.91 Å². The number of amides is 1. The van der Waals surface area contributed by atoms with Gasteiger partial charge in [-0.2, -0.15) is 0 Å². The lowest BCUT2D eigenvalue weighted by atomic mass is 10.1. The number of carbonyl (C=O) groups excluding carboxylic acids is 1. The summed E-state index contributed by atoms with van der Waals surface area (Å²) in [7, 11) is 0. The van der Waals surface area contributed by atoms with Gasteiger partial charge in [0.05, 0.1) is 13.2 Å². The molecular formula is C18H36N2O2. The molecule has 4 heteroatoms. The fourth-order valence-electron chi connectivity index (χ4n) is 2.86. The molecule has 1 rings (SSSR count). The summed E-state index contributed by atoms with van der Waals surface area (Å²) in [6.07, 6.45) is 12.0. The van der Waals surface area contributed by atoms with Gasteiger partial charge in [-0.05, 0) is 19.4 Å². The number of rotatable bonds is 13. The van der Waals surface area contributed by atoms with Crippen LogP contribution < -0.4 is 5.32 Å². The van der Waals surface area contributed by atoms with Crippen LogP contribution in [0.3, 0.4) is 0 Å². The van der Waals surface area contributed by atoms with Crippen molar-refractivity contribution < 1.29 is 9.53 Å². The van der Waals surface area contributed by atoms with E-state index in [0.29, 0.717) is 6.42 Å². The molecule has 0 radical (unpaired) electrons. The maximum Gasteiger partial charge on any atom is 0.219 e. The largest absolute Gasteiger partial charge is 0.379 e. The Labute approximate surface area is 137 Å². The fraction of sp³-hybridized carbons (Fsp3) is 0.944. The molecule has 0 aromatic carbocycles. The zero-order chi connectivity index (χ0) is 15.9. The SMILES string of the molecule is CCCCCCCCCCC(=O)NCCCN1CCOCC1. The van der Waals surface area contributed by atoms with Crippen molar-refractivity contribution in [2.75, 3.05) is 39.4 Å². The molecule has 1 fully saturated rings. The first kappa shape index (κ1) is 19.4. The minimum absolute atomic E-state index is 0.230. The van der Waals surface area contributed by atoms with E-state index in [4.69, 9.17) is 4.74 Å². The van der Waals surface area contributed by atoms with Crippen LogP contribution in [0.1, 0.15) is 71.1 Å². The van der Waals surface area contributed by atoms with Gasteiger partial charge in [0.25, 0.3) is 0 Å². The Kier molecular flexibility index (Phi) is 12.4. The average Bonchev–Trinajstić information content (AvgIpc) is 2.55. The van der Waals surface area contributed by atoms with Crippen LogP contribution in [0, 0.1) is 0 Å². The zero-order valence-corrected chi connectivity index (χ0v) is 14.6. The summed E-state index contributed by atoms with van der Waals surface area (Å²) < 4.78 is 5.32. The lowest BCUT2D eigenvalue weighted by Crippen LogP contribution is -2.38. The van der Waals surface area contributed by atoms with Gasteiger partial charge >= 0.3 is 0 Å². The topological polar surface area (TPSA) is 41.6 Å². The number of nitrogens with one attached hydrogen (secondary N) is 1. The van der Waals surface area contributed by atoms with Crippen molar-refractivity contribution in [3.63, 3.8) is 0 Å². The molecule has 0 saturated carbocycles. The van der Waals surface area contributed by atoms with Gasteiger partial charge in [-0.1, -0.05) is 51.9 Å². The lowest BCUT2D eigenvalue weighted by molar-refractivity contribution is -0.121. The highest BCUT2D eigenvalue weighted by molar-refractivity contribution is 5.75. The number of morpholine rings is 1. The van der Waals surface area contributed by atoms with E-state index < -0.39 is 0 Å². The second-order valence-corrected chi connectivity index (χ2v) is 6.38. The van der Waals surface area contributed by atoms with Crippen LogP contribution in [0.15, 0.2) is 0 Å². The molecule has 0 spiro atoms. The zero-order valence-electron chi connectivity index (χ0n) is 14.6. The molecule has 1 heterocycles. The van der Waals surface area contributed by atoms with Gasteiger partial charge in [-0.15, -0.1) is 0 Å². The van der Waals surface area contributed by atoms with Crippen LogP contribution in [0.5, 0.6) is 0 Å². The lowest BCUT2D eigenvalue weighted by Gasteiger charge is -2.26. The van der Waals surface area contributed by atoms with E-state index in [0.717, 1.165) is 52.2 Å². The number of unbranched alkanes of at least 4 members (excludes halogenated alkanes) is 7. The molecule has 0 unspecified atom stereocenters. The van der Waals surface area contributed by atoms with Gasteiger partial charge in [-0.3, -0.25) is 9.69 Å². The van der Waals surface area contributed by atoms with E-state index in [1.807, 2.05) is 0 Å². The van der Waals surface area contributed by atoms with Gasteiger partial charge in [0.2, 0.25) is 5.91 Å². The number of nitrogens with zero attached hydrogens (tertiary/aromatic N) is 1. The van der Waals surface area contributed by atoms with E-state index in [9.17, 15) is 4.79 Å². The Balaban J connectivity index is 1.81. The van der Waals surface area contributed by atoms with Crippen molar-refractivity contribution in [3.05, 3.63) is 0 Å². The van der Waals surface area contributed by atoms with E-state index in [-0.39, 0.29) is 5.91 Å². The van der Waals surface area contributed by atoms with Crippen LogP contribution >= 0.6 is 0 Å². The van der Waals surface area contributed by atoms with E-state index in [2.05, 4.69) is 17.1 Å². The van der Waals surface area contributed by atoms with Crippen LogP contribution in [-0.4, -0.2) is 50.2 Å². The molecule has 0 aromatic rings. The number of carbonyl (C=O) groups is 1. The first-order valence-corrected chi connectivity index (χ1v) is 9.39. The highest BCUT2D eigenvalue weighted by Gasteiger charge is 2.09. The maximum atomic E-state index is 11.7. The van der Waals surface area contributed by atoms with Gasteiger partial charge in [-0.25, -0.2) is 0 Å². The molecule has 130 valence electrons. The third-order valence-electron chi connectivity index (χ3n) is 4.33.